The van der Waals surface area contributed by atoms with Crippen LogP contribution in [0, 0.1) is 6.92 Å². The molecule has 0 radical (unpaired) electrons. The summed E-state index contributed by atoms with van der Waals surface area (Å²) in [5.74, 6) is 2.32. The van der Waals surface area contributed by atoms with Crippen molar-refractivity contribution in [2.24, 2.45) is 0 Å². The van der Waals surface area contributed by atoms with Gasteiger partial charge in [-0.2, -0.15) is 11.8 Å². The summed E-state index contributed by atoms with van der Waals surface area (Å²) in [5.41, 5.74) is 2.52. The van der Waals surface area contributed by atoms with Crippen molar-refractivity contribution in [1.29, 1.82) is 0 Å². The van der Waals surface area contributed by atoms with Gasteiger partial charge in [0.2, 0.25) is 0 Å². The van der Waals surface area contributed by atoms with Gasteiger partial charge in [0.15, 0.2) is 0 Å². The van der Waals surface area contributed by atoms with Gasteiger partial charge in [-0.05, 0) is 49.1 Å². The standard InChI is InChI=1S/C14H25N3S/c1-5-15-10-13-9-12(2)14(16-11-13)17(3)7-6-8-18-4/h9,11,15H,5-8,10H2,1-4H3. The normalized spacial score (nSPS) is 10.7. The van der Waals surface area contributed by atoms with Crippen LogP contribution in [-0.4, -0.2) is 37.1 Å². The summed E-state index contributed by atoms with van der Waals surface area (Å²) in [5, 5.41) is 3.33. The molecule has 0 aliphatic heterocycles. The number of anilines is 1. The van der Waals surface area contributed by atoms with E-state index >= 15 is 0 Å². The van der Waals surface area contributed by atoms with E-state index in [-0.39, 0.29) is 0 Å². The van der Waals surface area contributed by atoms with Gasteiger partial charge in [0.25, 0.3) is 0 Å². The summed E-state index contributed by atoms with van der Waals surface area (Å²) in [4.78, 5) is 6.84. The Morgan fingerprint density at radius 1 is 1.44 bits per heavy atom. The second-order valence-electron chi connectivity index (χ2n) is 4.53. The van der Waals surface area contributed by atoms with Crippen LogP contribution in [0.2, 0.25) is 0 Å². The number of nitrogens with one attached hydrogen (secondary N) is 1. The lowest BCUT2D eigenvalue weighted by molar-refractivity contribution is 0.723. The molecule has 0 aliphatic rings. The summed E-state index contributed by atoms with van der Waals surface area (Å²) < 4.78 is 0. The Hall–Kier alpha value is -0.740. The van der Waals surface area contributed by atoms with E-state index in [0.717, 1.165) is 25.5 Å². The van der Waals surface area contributed by atoms with Crippen LogP contribution in [0.5, 0.6) is 0 Å². The first kappa shape index (κ1) is 15.3. The average molecular weight is 267 g/mol. The maximum atomic E-state index is 4.59. The molecule has 3 nitrogen and oxygen atoms in total. The largest absolute Gasteiger partial charge is 0.359 e. The lowest BCUT2D eigenvalue weighted by Crippen LogP contribution is -2.21. The highest BCUT2D eigenvalue weighted by Crippen LogP contribution is 2.17. The van der Waals surface area contributed by atoms with E-state index in [9.17, 15) is 0 Å². The smallest absolute Gasteiger partial charge is 0.131 e. The molecular weight excluding hydrogens is 242 g/mol. The van der Waals surface area contributed by atoms with E-state index in [1.807, 2.05) is 18.0 Å². The van der Waals surface area contributed by atoms with E-state index in [1.54, 1.807) is 0 Å². The number of aromatic nitrogens is 1. The molecule has 0 aliphatic carbocycles. The van der Waals surface area contributed by atoms with E-state index in [0.29, 0.717) is 0 Å². The third-order valence-electron chi connectivity index (χ3n) is 2.89. The van der Waals surface area contributed by atoms with Crippen LogP contribution < -0.4 is 10.2 Å². The Labute approximate surface area is 115 Å². The van der Waals surface area contributed by atoms with Gasteiger partial charge in [-0.25, -0.2) is 4.98 Å². The minimum atomic E-state index is 0.904. The third-order valence-corrected chi connectivity index (χ3v) is 3.59. The summed E-state index contributed by atoms with van der Waals surface area (Å²) in [6.07, 6.45) is 5.34. The Kier molecular flexibility index (Phi) is 7.13. The van der Waals surface area contributed by atoms with Crippen molar-refractivity contribution in [2.75, 3.05) is 37.0 Å². The van der Waals surface area contributed by atoms with E-state index in [4.69, 9.17) is 0 Å². The van der Waals surface area contributed by atoms with Crippen molar-refractivity contribution >= 4 is 17.6 Å². The summed E-state index contributed by atoms with van der Waals surface area (Å²) >= 11 is 1.90. The molecule has 1 aromatic rings. The Morgan fingerprint density at radius 3 is 2.83 bits per heavy atom. The number of pyridine rings is 1. The second kappa shape index (κ2) is 8.38. The zero-order chi connectivity index (χ0) is 13.4. The number of hydrogen-bond acceptors (Lipinski definition) is 4. The SMILES string of the molecule is CCNCc1cnc(N(C)CCCSC)c(C)c1. The fourth-order valence-corrected chi connectivity index (χ4v) is 2.36. The quantitative estimate of drug-likeness (QED) is 0.733. The number of nitrogens with zero attached hydrogens (tertiary/aromatic N) is 2. The Morgan fingerprint density at radius 2 is 2.22 bits per heavy atom. The molecule has 0 bridgehead atoms. The van der Waals surface area contributed by atoms with Gasteiger partial charge in [0.05, 0.1) is 0 Å². The van der Waals surface area contributed by atoms with Gasteiger partial charge in [-0.15, -0.1) is 0 Å². The number of aryl methyl sites for hydroxylation is 1. The number of rotatable bonds is 8. The highest BCUT2D eigenvalue weighted by molar-refractivity contribution is 7.98. The van der Waals surface area contributed by atoms with Gasteiger partial charge in [0, 0.05) is 26.3 Å². The summed E-state index contributed by atoms with van der Waals surface area (Å²) in [6, 6.07) is 2.23. The minimum Gasteiger partial charge on any atom is -0.359 e. The molecule has 4 heteroatoms. The van der Waals surface area contributed by atoms with Crippen molar-refractivity contribution in [3.05, 3.63) is 23.4 Å². The highest BCUT2D eigenvalue weighted by Gasteiger charge is 2.06. The first-order valence-corrected chi connectivity index (χ1v) is 7.94. The molecule has 1 heterocycles. The summed E-state index contributed by atoms with van der Waals surface area (Å²) in [7, 11) is 2.12. The van der Waals surface area contributed by atoms with Crippen molar-refractivity contribution in [1.82, 2.24) is 10.3 Å². The van der Waals surface area contributed by atoms with E-state index in [2.05, 4.69) is 48.4 Å². The van der Waals surface area contributed by atoms with Gasteiger partial charge in [-0.1, -0.05) is 6.92 Å². The molecule has 0 spiro atoms. The molecule has 1 aromatic heterocycles. The van der Waals surface area contributed by atoms with Gasteiger partial charge in [0.1, 0.15) is 5.82 Å². The predicted molar refractivity (Wildman–Crippen MR) is 82.6 cm³/mol. The molecule has 18 heavy (non-hydrogen) atoms. The van der Waals surface area contributed by atoms with Gasteiger partial charge < -0.3 is 10.2 Å². The Bertz CT molecular complexity index is 355. The maximum absolute atomic E-state index is 4.59. The van der Waals surface area contributed by atoms with Gasteiger partial charge >= 0.3 is 0 Å². The van der Waals surface area contributed by atoms with Crippen molar-refractivity contribution in [3.63, 3.8) is 0 Å². The zero-order valence-electron chi connectivity index (χ0n) is 12.0. The molecule has 0 amide bonds. The second-order valence-corrected chi connectivity index (χ2v) is 5.52. The third kappa shape index (κ3) is 4.86. The van der Waals surface area contributed by atoms with Crippen LogP contribution in [0.1, 0.15) is 24.5 Å². The monoisotopic (exact) mass is 267 g/mol. The van der Waals surface area contributed by atoms with Crippen LogP contribution in [0.25, 0.3) is 0 Å². The lowest BCUT2D eigenvalue weighted by atomic mass is 10.2. The molecule has 0 unspecified atom stereocenters. The maximum Gasteiger partial charge on any atom is 0.131 e. The van der Waals surface area contributed by atoms with E-state index < -0.39 is 0 Å². The van der Waals surface area contributed by atoms with Crippen molar-refractivity contribution in [2.45, 2.75) is 26.8 Å². The van der Waals surface area contributed by atoms with Crippen LogP contribution in [0.15, 0.2) is 12.3 Å². The molecule has 0 saturated heterocycles. The predicted octanol–water partition coefficient (Wildman–Crippen LogP) is 2.69. The molecule has 102 valence electrons. The molecular formula is C14H25N3S. The summed E-state index contributed by atoms with van der Waals surface area (Å²) in [6.45, 7) is 7.23. The molecule has 0 atom stereocenters. The fourth-order valence-electron chi connectivity index (χ4n) is 1.94. The van der Waals surface area contributed by atoms with Crippen LogP contribution in [-0.2, 0) is 6.54 Å². The van der Waals surface area contributed by atoms with Crippen LogP contribution >= 0.6 is 11.8 Å². The molecule has 0 fully saturated rings. The number of thioether (sulfide) groups is 1. The molecule has 1 N–H and O–H groups in total. The zero-order valence-corrected chi connectivity index (χ0v) is 12.8. The van der Waals surface area contributed by atoms with Crippen LogP contribution in [0.3, 0.4) is 0 Å². The fraction of sp³-hybridized carbons (Fsp3) is 0.643. The van der Waals surface area contributed by atoms with Crippen molar-refractivity contribution < 1.29 is 0 Å². The van der Waals surface area contributed by atoms with Gasteiger partial charge in [-0.3, -0.25) is 0 Å². The topological polar surface area (TPSA) is 28.2 Å². The Balaban J connectivity index is 2.60. The first-order chi connectivity index (χ1) is 8.69. The lowest BCUT2D eigenvalue weighted by Gasteiger charge is -2.20. The highest BCUT2D eigenvalue weighted by atomic mass is 32.2. The minimum absolute atomic E-state index is 0.904. The van der Waals surface area contributed by atoms with E-state index in [1.165, 1.54) is 23.3 Å². The van der Waals surface area contributed by atoms with Crippen LogP contribution in [0.4, 0.5) is 5.82 Å². The molecule has 0 aromatic carbocycles. The number of hydrogen-bond donors (Lipinski definition) is 1. The average Bonchev–Trinajstić information content (AvgIpc) is 2.36. The molecule has 1 rings (SSSR count). The van der Waals surface area contributed by atoms with Crippen molar-refractivity contribution in [3.8, 4) is 0 Å². The molecule has 0 saturated carbocycles. The first-order valence-electron chi connectivity index (χ1n) is 6.55.